The Labute approximate surface area is 132 Å². The highest BCUT2D eigenvalue weighted by Gasteiger charge is 2.03. The quantitative estimate of drug-likeness (QED) is 0.798. The van der Waals surface area contributed by atoms with Gasteiger partial charge in [0.2, 0.25) is 5.91 Å². The van der Waals surface area contributed by atoms with Crippen LogP contribution in [0.15, 0.2) is 42.6 Å². The number of hydrogen-bond acceptors (Lipinski definition) is 3. The van der Waals surface area contributed by atoms with Gasteiger partial charge < -0.3 is 10.1 Å². The van der Waals surface area contributed by atoms with E-state index in [1.54, 1.807) is 22.9 Å². The second kappa shape index (κ2) is 8.07. The summed E-state index contributed by atoms with van der Waals surface area (Å²) in [5.41, 5.74) is 1.49. The highest BCUT2D eigenvalue weighted by molar-refractivity contribution is 5.91. The maximum absolute atomic E-state index is 12.0. The van der Waals surface area contributed by atoms with Crippen molar-refractivity contribution in [1.82, 2.24) is 15.1 Å². The molecule has 122 valence electrons. The number of alkyl halides is 2. The minimum absolute atomic E-state index is 0.0770. The summed E-state index contributed by atoms with van der Waals surface area (Å²) in [4.78, 5) is 11.7. The third-order valence-corrected chi connectivity index (χ3v) is 3.00. The second-order valence-corrected chi connectivity index (χ2v) is 4.66. The monoisotopic (exact) mass is 321 g/mol. The van der Waals surface area contributed by atoms with Crippen molar-refractivity contribution in [2.75, 3.05) is 0 Å². The predicted molar refractivity (Wildman–Crippen MR) is 81.9 cm³/mol. The summed E-state index contributed by atoms with van der Waals surface area (Å²) in [6.45, 7) is 0.255. The summed E-state index contributed by atoms with van der Waals surface area (Å²) in [6, 6.07) is 7.85. The van der Waals surface area contributed by atoms with Crippen molar-refractivity contribution >= 4 is 12.0 Å². The van der Waals surface area contributed by atoms with Gasteiger partial charge in [0.15, 0.2) is 0 Å². The Morgan fingerprint density at radius 2 is 2.09 bits per heavy atom. The summed E-state index contributed by atoms with van der Waals surface area (Å²) in [6.07, 6.45) is 4.81. The van der Waals surface area contributed by atoms with Gasteiger partial charge in [-0.15, -0.1) is 0 Å². The van der Waals surface area contributed by atoms with Crippen LogP contribution < -0.4 is 10.1 Å². The molecule has 5 nitrogen and oxygen atoms in total. The van der Waals surface area contributed by atoms with Crippen LogP contribution >= 0.6 is 0 Å². The van der Waals surface area contributed by atoms with Gasteiger partial charge >= 0.3 is 6.61 Å². The average Bonchev–Trinajstić information content (AvgIpc) is 3.00. The maximum Gasteiger partial charge on any atom is 0.387 e. The van der Waals surface area contributed by atoms with E-state index in [9.17, 15) is 13.6 Å². The highest BCUT2D eigenvalue weighted by Crippen LogP contribution is 2.15. The normalized spacial score (nSPS) is 11.1. The molecule has 0 bridgehead atoms. The number of halogens is 2. The molecule has 0 aliphatic heterocycles. The minimum atomic E-state index is -2.85. The second-order valence-electron chi connectivity index (χ2n) is 4.66. The number of hydrogen-bond donors (Lipinski definition) is 1. The zero-order valence-corrected chi connectivity index (χ0v) is 12.6. The van der Waals surface area contributed by atoms with Crippen molar-refractivity contribution in [1.29, 1.82) is 0 Å². The van der Waals surface area contributed by atoms with E-state index in [1.165, 1.54) is 18.2 Å². The molecule has 2 aromatic rings. The standard InChI is InChI=1S/C16H17F2N3O2/c1-2-21-10-9-13(20-21)11-19-15(22)8-5-12-3-6-14(7-4-12)23-16(17)18/h3-10,16H,2,11H2,1H3,(H,19,22)/b8-5-. The molecule has 0 aliphatic rings. The number of aromatic nitrogens is 2. The van der Waals surface area contributed by atoms with Crippen LogP contribution in [0.1, 0.15) is 18.2 Å². The Morgan fingerprint density at radius 3 is 2.70 bits per heavy atom. The van der Waals surface area contributed by atoms with E-state index in [4.69, 9.17) is 0 Å². The Morgan fingerprint density at radius 1 is 1.35 bits per heavy atom. The van der Waals surface area contributed by atoms with Crippen LogP contribution in [0, 0.1) is 0 Å². The molecule has 1 aromatic heterocycles. The SMILES string of the molecule is CCn1ccc(CNC(=O)/C=C\c2ccc(OC(F)F)cc2)n1. The molecule has 1 aromatic carbocycles. The third kappa shape index (κ3) is 5.54. The number of nitrogens with one attached hydrogen (secondary N) is 1. The molecule has 1 heterocycles. The summed E-state index contributed by atoms with van der Waals surface area (Å²) < 4.78 is 30.1. The van der Waals surface area contributed by atoms with E-state index in [0.29, 0.717) is 12.1 Å². The van der Waals surface area contributed by atoms with Crippen LogP contribution in [0.4, 0.5) is 8.78 Å². The van der Waals surface area contributed by atoms with E-state index in [-0.39, 0.29) is 11.7 Å². The largest absolute Gasteiger partial charge is 0.435 e. The molecule has 0 spiro atoms. The van der Waals surface area contributed by atoms with E-state index >= 15 is 0 Å². The van der Waals surface area contributed by atoms with Crippen LogP contribution in [-0.4, -0.2) is 22.3 Å². The van der Waals surface area contributed by atoms with Gasteiger partial charge in [-0.3, -0.25) is 9.48 Å². The van der Waals surface area contributed by atoms with Crippen molar-refractivity contribution < 1.29 is 18.3 Å². The first-order chi connectivity index (χ1) is 11.1. The van der Waals surface area contributed by atoms with Gasteiger partial charge in [0.05, 0.1) is 12.2 Å². The minimum Gasteiger partial charge on any atom is -0.435 e. The van der Waals surface area contributed by atoms with E-state index in [2.05, 4.69) is 15.2 Å². The fourth-order valence-corrected chi connectivity index (χ4v) is 1.84. The Kier molecular flexibility index (Phi) is 5.85. The molecule has 2 rings (SSSR count). The average molecular weight is 321 g/mol. The number of rotatable bonds is 7. The lowest BCUT2D eigenvalue weighted by atomic mass is 10.2. The summed E-state index contributed by atoms with van der Waals surface area (Å²) in [7, 11) is 0. The van der Waals surface area contributed by atoms with E-state index in [1.807, 2.05) is 19.2 Å². The smallest absolute Gasteiger partial charge is 0.387 e. The Bertz CT molecular complexity index is 666. The molecule has 0 saturated carbocycles. The molecular weight excluding hydrogens is 304 g/mol. The molecule has 0 fully saturated rings. The first-order valence-electron chi connectivity index (χ1n) is 7.10. The molecule has 0 unspecified atom stereocenters. The topological polar surface area (TPSA) is 56.2 Å². The van der Waals surface area contributed by atoms with Crippen LogP contribution in [0.3, 0.4) is 0 Å². The van der Waals surface area contributed by atoms with Gasteiger partial charge in [-0.25, -0.2) is 0 Å². The number of benzene rings is 1. The molecule has 0 atom stereocenters. The molecule has 7 heteroatoms. The first kappa shape index (κ1) is 16.7. The van der Waals surface area contributed by atoms with Gasteiger partial charge in [-0.1, -0.05) is 12.1 Å². The van der Waals surface area contributed by atoms with Crippen LogP contribution in [0.5, 0.6) is 5.75 Å². The van der Waals surface area contributed by atoms with Gasteiger partial charge in [-0.2, -0.15) is 13.9 Å². The lowest BCUT2D eigenvalue weighted by molar-refractivity contribution is -0.116. The van der Waals surface area contributed by atoms with Crippen molar-refractivity contribution in [2.45, 2.75) is 26.6 Å². The van der Waals surface area contributed by atoms with Crippen LogP contribution in [0.2, 0.25) is 0 Å². The maximum atomic E-state index is 12.0. The van der Waals surface area contributed by atoms with Crippen molar-refractivity contribution in [2.24, 2.45) is 0 Å². The summed E-state index contributed by atoms with van der Waals surface area (Å²) in [5.74, 6) is -0.183. The number of amides is 1. The van der Waals surface area contributed by atoms with Crippen molar-refractivity contribution in [3.05, 3.63) is 53.9 Å². The van der Waals surface area contributed by atoms with Crippen molar-refractivity contribution in [3.8, 4) is 5.75 Å². The fourth-order valence-electron chi connectivity index (χ4n) is 1.84. The molecule has 0 aliphatic carbocycles. The Hall–Kier alpha value is -2.70. The molecule has 0 radical (unpaired) electrons. The van der Waals surface area contributed by atoms with Gasteiger partial charge in [-0.05, 0) is 36.8 Å². The highest BCUT2D eigenvalue weighted by atomic mass is 19.3. The lowest BCUT2D eigenvalue weighted by Crippen LogP contribution is -2.20. The predicted octanol–water partition coefficient (Wildman–Crippen LogP) is 2.83. The summed E-state index contributed by atoms with van der Waals surface area (Å²) >= 11 is 0. The Balaban J connectivity index is 1.83. The summed E-state index contributed by atoms with van der Waals surface area (Å²) in [5, 5.41) is 6.97. The van der Waals surface area contributed by atoms with Gasteiger partial charge in [0.1, 0.15) is 5.75 Å². The zero-order valence-electron chi connectivity index (χ0n) is 12.6. The van der Waals surface area contributed by atoms with E-state index in [0.717, 1.165) is 12.2 Å². The van der Waals surface area contributed by atoms with Gasteiger partial charge in [0, 0.05) is 18.8 Å². The number of carbonyl (C=O) groups excluding carboxylic acids is 1. The fraction of sp³-hybridized carbons (Fsp3) is 0.250. The van der Waals surface area contributed by atoms with Crippen LogP contribution in [-0.2, 0) is 17.9 Å². The molecular formula is C16H17F2N3O2. The lowest BCUT2D eigenvalue weighted by Gasteiger charge is -2.03. The molecule has 1 amide bonds. The van der Waals surface area contributed by atoms with Gasteiger partial charge in [0.25, 0.3) is 0 Å². The van der Waals surface area contributed by atoms with E-state index < -0.39 is 6.61 Å². The third-order valence-electron chi connectivity index (χ3n) is 3.00. The number of aryl methyl sites for hydroxylation is 1. The first-order valence-corrected chi connectivity index (χ1v) is 7.10. The number of ether oxygens (including phenoxy) is 1. The molecule has 1 N–H and O–H groups in total. The number of carbonyl (C=O) groups is 1. The molecule has 0 saturated heterocycles. The van der Waals surface area contributed by atoms with Crippen molar-refractivity contribution in [3.63, 3.8) is 0 Å². The van der Waals surface area contributed by atoms with Crippen LogP contribution in [0.25, 0.3) is 6.08 Å². The zero-order chi connectivity index (χ0) is 16.7. The molecule has 23 heavy (non-hydrogen) atoms. The number of nitrogens with zero attached hydrogens (tertiary/aromatic N) is 2.